The molecular weight excluding hydrogens is 274 g/mol. The first-order valence-corrected chi connectivity index (χ1v) is 6.29. The number of carbonyl (C=O) groups excluding carboxylic acids is 2. The van der Waals surface area contributed by atoms with Crippen molar-refractivity contribution in [2.75, 3.05) is 0 Å². The molecule has 21 heavy (non-hydrogen) atoms. The summed E-state index contributed by atoms with van der Waals surface area (Å²) in [6, 6.07) is 6.16. The molecule has 110 valence electrons. The summed E-state index contributed by atoms with van der Waals surface area (Å²) in [4.78, 5) is 35.0. The summed E-state index contributed by atoms with van der Waals surface area (Å²) in [6.07, 6.45) is 1.49. The van der Waals surface area contributed by atoms with E-state index < -0.39 is 11.8 Å². The zero-order chi connectivity index (χ0) is 15.4. The van der Waals surface area contributed by atoms with Gasteiger partial charge < -0.3 is 8.98 Å². The largest absolute Gasteiger partial charge is 0.466 e. The van der Waals surface area contributed by atoms with Crippen molar-refractivity contribution in [1.82, 2.24) is 15.4 Å². The van der Waals surface area contributed by atoms with E-state index in [1.807, 2.05) is 0 Å². The van der Waals surface area contributed by atoms with Crippen molar-refractivity contribution in [3.05, 3.63) is 57.9 Å². The molecule has 0 bridgehead atoms. The summed E-state index contributed by atoms with van der Waals surface area (Å²) in [6.45, 7) is 3.21. The summed E-state index contributed by atoms with van der Waals surface area (Å²) in [5.74, 6) is 0.103. The van der Waals surface area contributed by atoms with Gasteiger partial charge in [-0.15, -0.1) is 0 Å². The highest BCUT2D eigenvalue weighted by atomic mass is 16.3. The standard InChI is InChI=1S/C14H15N3O4/c1-9-7-11(10(2)21-9)14(20)16-15-12(18)8-17-6-4-3-5-13(17)19/h3-7H,8H2,1-2H3,(H,15,18)(H,16,20). The van der Waals surface area contributed by atoms with Crippen LogP contribution in [0.3, 0.4) is 0 Å². The molecule has 0 radical (unpaired) electrons. The van der Waals surface area contributed by atoms with Crippen molar-refractivity contribution in [1.29, 1.82) is 0 Å². The number of rotatable bonds is 3. The second-order valence-electron chi connectivity index (χ2n) is 4.50. The molecule has 2 rings (SSSR count). The lowest BCUT2D eigenvalue weighted by Gasteiger charge is -2.08. The lowest BCUT2D eigenvalue weighted by molar-refractivity contribution is -0.122. The molecule has 2 N–H and O–H groups in total. The van der Waals surface area contributed by atoms with E-state index in [0.717, 1.165) is 0 Å². The maximum Gasteiger partial charge on any atom is 0.273 e. The fourth-order valence-corrected chi connectivity index (χ4v) is 1.84. The average Bonchev–Trinajstić information content (AvgIpc) is 2.78. The van der Waals surface area contributed by atoms with Gasteiger partial charge in [-0.3, -0.25) is 25.2 Å². The predicted octanol–water partition coefficient (Wildman–Crippen LogP) is 0.519. The highest BCUT2D eigenvalue weighted by molar-refractivity contribution is 5.96. The Morgan fingerprint density at radius 2 is 2.00 bits per heavy atom. The minimum absolute atomic E-state index is 0.177. The maximum atomic E-state index is 11.8. The molecule has 0 saturated carbocycles. The zero-order valence-corrected chi connectivity index (χ0v) is 11.7. The van der Waals surface area contributed by atoms with Crippen LogP contribution in [-0.2, 0) is 11.3 Å². The van der Waals surface area contributed by atoms with Crippen LogP contribution in [0.2, 0.25) is 0 Å². The van der Waals surface area contributed by atoms with Gasteiger partial charge in [-0.2, -0.15) is 0 Å². The molecule has 2 heterocycles. The predicted molar refractivity (Wildman–Crippen MR) is 74.5 cm³/mol. The second kappa shape index (κ2) is 6.08. The third-order valence-electron chi connectivity index (χ3n) is 2.81. The average molecular weight is 289 g/mol. The quantitative estimate of drug-likeness (QED) is 0.806. The Labute approximate surface area is 120 Å². The molecule has 0 unspecified atom stereocenters. The lowest BCUT2D eigenvalue weighted by atomic mass is 10.2. The van der Waals surface area contributed by atoms with Gasteiger partial charge >= 0.3 is 0 Å². The molecule has 0 aliphatic rings. The number of nitrogens with one attached hydrogen (secondary N) is 2. The Hall–Kier alpha value is -2.83. The van der Waals surface area contributed by atoms with Crippen molar-refractivity contribution in [3.63, 3.8) is 0 Å². The summed E-state index contributed by atoms with van der Waals surface area (Å²) >= 11 is 0. The van der Waals surface area contributed by atoms with Crippen LogP contribution in [0.4, 0.5) is 0 Å². The first kappa shape index (κ1) is 14.6. The van der Waals surface area contributed by atoms with Crippen LogP contribution < -0.4 is 16.4 Å². The summed E-state index contributed by atoms with van der Waals surface area (Å²) in [5.41, 5.74) is 4.59. The molecular formula is C14H15N3O4. The number of amides is 2. The molecule has 2 amide bonds. The second-order valence-corrected chi connectivity index (χ2v) is 4.50. The lowest BCUT2D eigenvalue weighted by Crippen LogP contribution is -2.44. The minimum Gasteiger partial charge on any atom is -0.466 e. The van der Waals surface area contributed by atoms with E-state index in [0.29, 0.717) is 17.1 Å². The van der Waals surface area contributed by atoms with Crippen molar-refractivity contribution in [2.45, 2.75) is 20.4 Å². The normalized spacial score (nSPS) is 10.2. The maximum absolute atomic E-state index is 11.8. The smallest absolute Gasteiger partial charge is 0.273 e. The monoisotopic (exact) mass is 289 g/mol. The van der Waals surface area contributed by atoms with Gasteiger partial charge in [0.1, 0.15) is 18.1 Å². The van der Waals surface area contributed by atoms with E-state index in [2.05, 4.69) is 10.9 Å². The SMILES string of the molecule is Cc1cc(C(=O)NNC(=O)Cn2ccccc2=O)c(C)o1. The van der Waals surface area contributed by atoms with Crippen LogP contribution in [0, 0.1) is 13.8 Å². The van der Waals surface area contributed by atoms with Gasteiger partial charge in [0.05, 0.1) is 5.56 Å². The highest BCUT2D eigenvalue weighted by Gasteiger charge is 2.14. The molecule has 2 aromatic rings. The number of aromatic nitrogens is 1. The van der Waals surface area contributed by atoms with Crippen LogP contribution >= 0.6 is 0 Å². The number of pyridine rings is 1. The van der Waals surface area contributed by atoms with E-state index >= 15 is 0 Å². The number of carbonyl (C=O) groups is 2. The molecule has 0 fully saturated rings. The van der Waals surface area contributed by atoms with Crippen LogP contribution in [0.1, 0.15) is 21.9 Å². The molecule has 0 aliphatic carbocycles. The molecule has 0 spiro atoms. The van der Waals surface area contributed by atoms with Gasteiger partial charge in [0, 0.05) is 12.3 Å². The molecule has 0 atom stereocenters. The Kier molecular flexibility index (Phi) is 4.22. The van der Waals surface area contributed by atoms with Crippen LogP contribution in [-0.4, -0.2) is 16.4 Å². The molecule has 7 heteroatoms. The third-order valence-corrected chi connectivity index (χ3v) is 2.81. The number of furan rings is 1. The summed E-state index contributed by atoms with van der Waals surface area (Å²) < 4.78 is 6.47. The number of nitrogens with zero attached hydrogens (tertiary/aromatic N) is 1. The minimum atomic E-state index is -0.505. The Bertz CT molecular complexity index is 730. The van der Waals surface area contributed by atoms with E-state index in [4.69, 9.17) is 4.42 Å². The van der Waals surface area contributed by atoms with Gasteiger partial charge in [0.15, 0.2) is 0 Å². The van der Waals surface area contributed by atoms with Crippen LogP contribution in [0.15, 0.2) is 39.7 Å². The van der Waals surface area contributed by atoms with Crippen molar-refractivity contribution >= 4 is 11.8 Å². The number of hydrogen-bond donors (Lipinski definition) is 2. The van der Waals surface area contributed by atoms with Crippen LogP contribution in [0.5, 0.6) is 0 Å². The van der Waals surface area contributed by atoms with Crippen molar-refractivity contribution in [2.24, 2.45) is 0 Å². The van der Waals surface area contributed by atoms with Crippen molar-refractivity contribution < 1.29 is 14.0 Å². The Balaban J connectivity index is 1.93. The van der Waals surface area contributed by atoms with Crippen LogP contribution in [0.25, 0.3) is 0 Å². The first-order chi connectivity index (χ1) is 9.97. The highest BCUT2D eigenvalue weighted by Crippen LogP contribution is 2.12. The fourth-order valence-electron chi connectivity index (χ4n) is 1.84. The first-order valence-electron chi connectivity index (χ1n) is 6.29. The molecule has 0 aromatic carbocycles. The molecule has 0 aliphatic heterocycles. The topological polar surface area (TPSA) is 93.3 Å². The van der Waals surface area contributed by atoms with Gasteiger partial charge in [-0.1, -0.05) is 6.07 Å². The molecule has 7 nitrogen and oxygen atoms in total. The van der Waals surface area contributed by atoms with E-state index in [9.17, 15) is 14.4 Å². The molecule has 0 saturated heterocycles. The number of hydrogen-bond acceptors (Lipinski definition) is 4. The zero-order valence-electron chi connectivity index (χ0n) is 11.7. The third kappa shape index (κ3) is 3.59. The Morgan fingerprint density at radius 3 is 2.62 bits per heavy atom. The van der Waals surface area contributed by atoms with Crippen molar-refractivity contribution in [3.8, 4) is 0 Å². The van der Waals surface area contributed by atoms with Gasteiger partial charge in [-0.25, -0.2) is 0 Å². The van der Waals surface area contributed by atoms with Gasteiger partial charge in [-0.05, 0) is 26.0 Å². The van der Waals surface area contributed by atoms with E-state index in [1.165, 1.54) is 16.8 Å². The van der Waals surface area contributed by atoms with Gasteiger partial charge in [0.25, 0.3) is 17.4 Å². The summed E-state index contributed by atoms with van der Waals surface area (Å²) in [5, 5.41) is 0. The Morgan fingerprint density at radius 1 is 1.24 bits per heavy atom. The fraction of sp³-hybridized carbons (Fsp3) is 0.214. The van der Waals surface area contributed by atoms with E-state index in [-0.39, 0.29) is 12.1 Å². The number of aryl methyl sites for hydroxylation is 2. The number of hydrazine groups is 1. The summed E-state index contributed by atoms with van der Waals surface area (Å²) in [7, 11) is 0. The van der Waals surface area contributed by atoms with Gasteiger partial charge in [0.2, 0.25) is 0 Å². The van der Waals surface area contributed by atoms with E-state index in [1.54, 1.807) is 32.0 Å². The molecule has 2 aromatic heterocycles.